The van der Waals surface area contributed by atoms with E-state index >= 15 is 0 Å². The van der Waals surface area contributed by atoms with E-state index in [1.54, 1.807) is 25.3 Å². The van der Waals surface area contributed by atoms with Crippen molar-refractivity contribution in [2.24, 2.45) is 0 Å². The van der Waals surface area contributed by atoms with Crippen LogP contribution in [0.25, 0.3) is 33.4 Å². The molecule has 0 N–H and O–H groups in total. The van der Waals surface area contributed by atoms with E-state index in [0.717, 1.165) is 27.8 Å². The maximum Gasteiger partial charge on any atom is 0.175 e. The Morgan fingerprint density at radius 3 is 2.19 bits per heavy atom. The lowest BCUT2D eigenvalue weighted by Crippen LogP contribution is -1.96. The van der Waals surface area contributed by atoms with Gasteiger partial charge in [-0.25, -0.2) is 8.42 Å². The highest BCUT2D eigenvalue weighted by atomic mass is 32.2. The molecule has 5 heteroatoms. The largest absolute Gasteiger partial charge is 0.497 e. The van der Waals surface area contributed by atoms with E-state index in [4.69, 9.17) is 9.15 Å². The molecule has 4 rings (SSSR count). The van der Waals surface area contributed by atoms with E-state index in [0.29, 0.717) is 11.3 Å². The highest BCUT2D eigenvalue weighted by Gasteiger charge is 2.19. The number of furan rings is 1. The number of rotatable bonds is 4. The summed E-state index contributed by atoms with van der Waals surface area (Å²) < 4.78 is 35.4. The second-order valence-electron chi connectivity index (χ2n) is 6.33. The third-order valence-electron chi connectivity index (χ3n) is 4.50. The highest BCUT2D eigenvalue weighted by molar-refractivity contribution is 7.90. The fourth-order valence-corrected chi connectivity index (χ4v) is 3.79. The Morgan fingerprint density at radius 1 is 0.852 bits per heavy atom. The van der Waals surface area contributed by atoms with E-state index in [2.05, 4.69) is 0 Å². The van der Waals surface area contributed by atoms with Crippen LogP contribution in [0, 0.1) is 0 Å². The molecule has 0 fully saturated rings. The number of hydrogen-bond donors (Lipinski definition) is 0. The van der Waals surface area contributed by atoms with Crippen molar-refractivity contribution in [3.8, 4) is 28.2 Å². The topological polar surface area (TPSA) is 56.5 Å². The molecule has 0 saturated heterocycles. The lowest BCUT2D eigenvalue weighted by atomic mass is 9.98. The summed E-state index contributed by atoms with van der Waals surface area (Å²) in [4.78, 5) is 0.272. The number of ether oxygens (including phenoxy) is 1. The Bertz CT molecular complexity index is 1200. The average Bonchev–Trinajstić information content (AvgIpc) is 3.06. The van der Waals surface area contributed by atoms with Gasteiger partial charge in [0.05, 0.1) is 12.0 Å². The second-order valence-corrected chi connectivity index (χ2v) is 8.35. The second kappa shape index (κ2) is 6.59. The molecule has 0 aliphatic carbocycles. The Kier molecular flexibility index (Phi) is 4.24. The zero-order valence-corrected chi connectivity index (χ0v) is 15.8. The summed E-state index contributed by atoms with van der Waals surface area (Å²) in [6.45, 7) is 0. The lowest BCUT2D eigenvalue weighted by Gasteiger charge is -2.05. The third kappa shape index (κ3) is 3.22. The first kappa shape index (κ1) is 17.4. The monoisotopic (exact) mass is 378 g/mol. The standard InChI is InChI=1S/C22H18O4S/c1-25-17-10-8-16(9-11-17)22-21(15-6-4-3-5-7-15)19-14-18(27(2,23)24)12-13-20(19)26-22/h3-14H,1-2H3. The SMILES string of the molecule is COc1ccc(-c2oc3ccc(S(C)(=O)=O)cc3c2-c2ccccc2)cc1. The van der Waals surface area contributed by atoms with Gasteiger partial charge < -0.3 is 9.15 Å². The van der Waals surface area contributed by atoms with Gasteiger partial charge in [-0.3, -0.25) is 0 Å². The van der Waals surface area contributed by atoms with Crippen LogP contribution < -0.4 is 4.74 Å². The maximum absolute atomic E-state index is 12.0. The molecule has 0 saturated carbocycles. The van der Waals surface area contributed by atoms with Crippen LogP contribution in [0.15, 0.2) is 82.1 Å². The van der Waals surface area contributed by atoms with Crippen molar-refractivity contribution in [3.63, 3.8) is 0 Å². The maximum atomic E-state index is 12.0. The van der Waals surface area contributed by atoms with E-state index in [1.807, 2.05) is 54.6 Å². The van der Waals surface area contributed by atoms with Gasteiger partial charge in [0, 0.05) is 22.8 Å². The van der Waals surface area contributed by atoms with Crippen LogP contribution in [0.4, 0.5) is 0 Å². The van der Waals surface area contributed by atoms with Crippen LogP contribution in [-0.2, 0) is 9.84 Å². The minimum Gasteiger partial charge on any atom is -0.497 e. The van der Waals surface area contributed by atoms with Gasteiger partial charge in [-0.05, 0) is 48.0 Å². The molecule has 136 valence electrons. The zero-order valence-electron chi connectivity index (χ0n) is 15.0. The van der Waals surface area contributed by atoms with Gasteiger partial charge >= 0.3 is 0 Å². The molecule has 4 nitrogen and oxygen atoms in total. The van der Waals surface area contributed by atoms with Gasteiger partial charge in [-0.2, -0.15) is 0 Å². The molecular weight excluding hydrogens is 360 g/mol. The predicted octanol–water partition coefficient (Wildman–Crippen LogP) is 5.18. The quantitative estimate of drug-likeness (QED) is 0.491. The Balaban J connectivity index is 2.03. The molecule has 0 amide bonds. The van der Waals surface area contributed by atoms with Gasteiger partial charge in [0.25, 0.3) is 0 Å². The molecular formula is C22H18O4S. The van der Waals surface area contributed by atoms with E-state index in [1.165, 1.54) is 6.26 Å². The molecule has 3 aromatic carbocycles. The Labute approximate surface area is 157 Å². The number of fused-ring (bicyclic) bond motifs is 1. The number of benzene rings is 3. The fourth-order valence-electron chi connectivity index (χ4n) is 3.14. The summed E-state index contributed by atoms with van der Waals surface area (Å²) in [5.41, 5.74) is 3.38. The van der Waals surface area contributed by atoms with Crippen molar-refractivity contribution in [2.75, 3.05) is 13.4 Å². The molecule has 0 aliphatic heterocycles. The summed E-state index contributed by atoms with van der Waals surface area (Å²) in [7, 11) is -1.69. The van der Waals surface area contributed by atoms with Crippen LogP contribution in [0.2, 0.25) is 0 Å². The van der Waals surface area contributed by atoms with Crippen LogP contribution in [0.5, 0.6) is 5.75 Å². The minimum atomic E-state index is -3.32. The van der Waals surface area contributed by atoms with Crippen molar-refractivity contribution < 1.29 is 17.6 Å². The van der Waals surface area contributed by atoms with Gasteiger partial charge in [-0.15, -0.1) is 0 Å². The average molecular weight is 378 g/mol. The predicted molar refractivity (Wildman–Crippen MR) is 107 cm³/mol. The molecule has 1 heterocycles. The molecule has 0 radical (unpaired) electrons. The van der Waals surface area contributed by atoms with Crippen molar-refractivity contribution in [3.05, 3.63) is 72.8 Å². The van der Waals surface area contributed by atoms with Crippen LogP contribution in [0.3, 0.4) is 0 Å². The van der Waals surface area contributed by atoms with Gasteiger partial charge in [0.2, 0.25) is 0 Å². The summed E-state index contributed by atoms with van der Waals surface area (Å²) in [6, 6.07) is 22.4. The van der Waals surface area contributed by atoms with Crippen LogP contribution in [0.1, 0.15) is 0 Å². The Morgan fingerprint density at radius 2 is 1.56 bits per heavy atom. The van der Waals surface area contributed by atoms with E-state index < -0.39 is 9.84 Å². The first-order chi connectivity index (χ1) is 13.0. The van der Waals surface area contributed by atoms with Crippen molar-refractivity contribution in [2.45, 2.75) is 4.90 Å². The van der Waals surface area contributed by atoms with Gasteiger partial charge in [0.1, 0.15) is 17.1 Å². The molecule has 1 aromatic heterocycles. The minimum absolute atomic E-state index is 0.272. The summed E-state index contributed by atoms with van der Waals surface area (Å²) in [5, 5.41) is 0.773. The van der Waals surface area contributed by atoms with Gasteiger partial charge in [0.15, 0.2) is 9.84 Å². The van der Waals surface area contributed by atoms with Crippen molar-refractivity contribution >= 4 is 20.8 Å². The molecule has 0 spiro atoms. The molecule has 27 heavy (non-hydrogen) atoms. The highest BCUT2D eigenvalue weighted by Crippen LogP contribution is 2.41. The molecule has 4 aromatic rings. The zero-order chi connectivity index (χ0) is 19.0. The first-order valence-corrected chi connectivity index (χ1v) is 10.3. The summed E-state index contributed by atoms with van der Waals surface area (Å²) in [6.07, 6.45) is 1.21. The summed E-state index contributed by atoms with van der Waals surface area (Å²) >= 11 is 0. The fraction of sp³-hybridized carbons (Fsp3) is 0.0909. The summed E-state index contributed by atoms with van der Waals surface area (Å²) in [5.74, 6) is 1.46. The van der Waals surface area contributed by atoms with Crippen molar-refractivity contribution in [1.29, 1.82) is 0 Å². The molecule has 0 atom stereocenters. The number of methoxy groups -OCH3 is 1. The lowest BCUT2D eigenvalue weighted by molar-refractivity contribution is 0.415. The third-order valence-corrected chi connectivity index (χ3v) is 5.61. The van der Waals surface area contributed by atoms with Crippen LogP contribution in [-0.4, -0.2) is 21.8 Å². The molecule has 0 bridgehead atoms. The smallest absolute Gasteiger partial charge is 0.175 e. The normalized spacial score (nSPS) is 11.6. The molecule has 0 aliphatic rings. The number of hydrogen-bond acceptors (Lipinski definition) is 4. The Hall–Kier alpha value is -3.05. The van der Waals surface area contributed by atoms with E-state index in [9.17, 15) is 8.42 Å². The van der Waals surface area contributed by atoms with Gasteiger partial charge in [-0.1, -0.05) is 30.3 Å². The van der Waals surface area contributed by atoms with Crippen LogP contribution >= 0.6 is 0 Å². The first-order valence-electron chi connectivity index (χ1n) is 8.44. The van der Waals surface area contributed by atoms with Crippen molar-refractivity contribution in [1.82, 2.24) is 0 Å². The number of sulfone groups is 1. The van der Waals surface area contributed by atoms with E-state index in [-0.39, 0.29) is 4.90 Å². The molecule has 0 unspecified atom stereocenters.